The van der Waals surface area contributed by atoms with Crippen LogP contribution in [0, 0.1) is 0 Å². The molecule has 0 saturated carbocycles. The van der Waals surface area contributed by atoms with Crippen molar-refractivity contribution in [3.05, 3.63) is 48.5 Å². The van der Waals surface area contributed by atoms with E-state index in [2.05, 4.69) is 10.9 Å². The zero-order valence-corrected chi connectivity index (χ0v) is 22.4. The fraction of sp³-hybridized carbons (Fsp3) is 0. The predicted octanol–water partition coefficient (Wildman–Crippen LogP) is -6.52. The first-order valence-corrected chi connectivity index (χ1v) is 10.9. The van der Waals surface area contributed by atoms with Gasteiger partial charge in [0.05, 0.1) is 15.5 Å². The second kappa shape index (κ2) is 11.0. The number of hydrazine groups is 1. The van der Waals surface area contributed by atoms with Crippen LogP contribution in [-0.4, -0.2) is 48.2 Å². The summed E-state index contributed by atoms with van der Waals surface area (Å²) in [6, 6.07) is 9.44. The van der Waals surface area contributed by atoms with Gasteiger partial charge >= 0.3 is 66.2 Å². The summed E-state index contributed by atoms with van der Waals surface area (Å²) in [6.45, 7) is 0. The van der Waals surface area contributed by atoms with E-state index >= 15 is 0 Å². The van der Waals surface area contributed by atoms with Crippen LogP contribution in [0.3, 0.4) is 0 Å². The van der Waals surface area contributed by atoms with Gasteiger partial charge in [0.1, 0.15) is 25.9 Å². The van der Waals surface area contributed by atoms with Crippen molar-refractivity contribution in [1.82, 2.24) is 0 Å². The number of phenols is 1. The average Bonchev–Trinajstić information content (AvgIpc) is 2.65. The smallest absolute Gasteiger partial charge is 0.744 e. The Kier molecular flexibility index (Phi) is 10.1. The number of nitrogens with one attached hydrogen (secondary N) is 2. The van der Waals surface area contributed by atoms with Gasteiger partial charge in [0.15, 0.2) is 5.75 Å². The number of hydrogen-bond donors (Lipinski definition) is 5. The molecule has 16 heteroatoms. The van der Waals surface area contributed by atoms with E-state index in [9.17, 15) is 31.0 Å². The molecule has 0 spiro atoms. The number of aromatic hydroxyl groups is 1. The van der Waals surface area contributed by atoms with Crippen LogP contribution in [-0.2, 0) is 20.2 Å². The van der Waals surface area contributed by atoms with Crippen molar-refractivity contribution in [3.63, 3.8) is 0 Å². The molecule has 0 bridgehead atoms. The van der Waals surface area contributed by atoms with Crippen molar-refractivity contribution in [1.29, 1.82) is 0 Å². The third-order valence-corrected chi connectivity index (χ3v) is 5.83. The number of hydrogen-bond acceptors (Lipinski definition) is 11. The number of anilines is 2. The molecule has 0 amide bonds. The molecule has 0 aromatic heterocycles. The maximum absolute atomic E-state index is 11.5. The van der Waals surface area contributed by atoms with E-state index in [0.717, 1.165) is 24.3 Å². The number of fused-ring (bicyclic) bond motifs is 1. The van der Waals surface area contributed by atoms with Gasteiger partial charge in [0.2, 0.25) is 0 Å². The molecule has 0 saturated heterocycles. The summed E-state index contributed by atoms with van der Waals surface area (Å²) in [6.07, 6.45) is 0. The monoisotopic (exact) mass is 498 g/mol. The quantitative estimate of drug-likeness (QED) is 0.0937. The van der Waals surface area contributed by atoms with Gasteiger partial charge < -0.3 is 29.7 Å². The van der Waals surface area contributed by atoms with Crippen molar-refractivity contribution in [2.75, 3.05) is 10.9 Å². The molecule has 0 atom stereocenters. The van der Waals surface area contributed by atoms with E-state index in [0.29, 0.717) is 5.69 Å². The molecule has 3 rings (SSSR count). The van der Waals surface area contributed by atoms with Gasteiger partial charge in [0.25, 0.3) is 0 Å². The third-order valence-electron chi connectivity index (χ3n) is 4.15. The van der Waals surface area contributed by atoms with Gasteiger partial charge in [-0.3, -0.25) is 5.43 Å². The molecule has 0 radical (unpaired) electrons. The fourth-order valence-electron chi connectivity index (χ4n) is 2.69. The Morgan fingerprint density at radius 3 is 1.91 bits per heavy atom. The third kappa shape index (κ3) is 6.59. The summed E-state index contributed by atoms with van der Waals surface area (Å²) >= 11 is 0. The van der Waals surface area contributed by atoms with E-state index < -0.39 is 42.9 Å². The zero-order valence-electron chi connectivity index (χ0n) is 16.8. The van der Waals surface area contributed by atoms with E-state index in [4.69, 9.17) is 10.0 Å². The Balaban J connectivity index is 0.00000256. The minimum absolute atomic E-state index is 0. The minimum Gasteiger partial charge on any atom is -0.744 e. The molecule has 0 heterocycles. The van der Waals surface area contributed by atoms with Crippen molar-refractivity contribution in [2.45, 2.75) is 9.79 Å². The topological polar surface area (TPSA) is 199 Å². The van der Waals surface area contributed by atoms with Crippen LogP contribution in [0.4, 0.5) is 11.4 Å². The van der Waals surface area contributed by atoms with Gasteiger partial charge in [0, 0.05) is 5.39 Å². The van der Waals surface area contributed by atoms with Gasteiger partial charge in [-0.25, -0.2) is 16.8 Å². The summed E-state index contributed by atoms with van der Waals surface area (Å²) in [5, 5.41) is 28.5. The van der Waals surface area contributed by atoms with Crippen LogP contribution >= 0.6 is 0 Å². The Morgan fingerprint density at radius 1 is 0.812 bits per heavy atom. The second-order valence-corrected chi connectivity index (χ2v) is 8.86. The van der Waals surface area contributed by atoms with Crippen LogP contribution in [0.5, 0.6) is 5.75 Å². The van der Waals surface area contributed by atoms with Crippen molar-refractivity contribution in [2.24, 2.45) is 0 Å². The molecular weight excluding hydrogens is 485 g/mol. The van der Waals surface area contributed by atoms with Gasteiger partial charge in [-0.1, -0.05) is 18.2 Å². The van der Waals surface area contributed by atoms with E-state index in [-0.39, 0.29) is 81.0 Å². The standard InChI is InChI=1S/C16H15BN2O9S2.2Na/c20-16-14(30(26,27)28)8-9-7-12(29(23,24)25)5-6-13(9)15(16)19-18-11-3-1-10(2-4-11)17(21)22;;/h1-8,18-22H,(H,23,24,25)(H,26,27,28);;/q;2*+1/p-2. The molecule has 11 nitrogen and oxygen atoms in total. The minimum atomic E-state index is -5.14. The van der Waals surface area contributed by atoms with Gasteiger partial charge in [-0.05, 0) is 41.2 Å². The molecule has 0 aliphatic heterocycles. The summed E-state index contributed by atoms with van der Waals surface area (Å²) in [5.41, 5.74) is 5.48. The first-order chi connectivity index (χ1) is 13.9. The number of rotatable bonds is 6. The molecule has 32 heavy (non-hydrogen) atoms. The van der Waals surface area contributed by atoms with Crippen molar-refractivity contribution >= 4 is 55.0 Å². The summed E-state index contributed by atoms with van der Waals surface area (Å²) < 4.78 is 68.3. The molecular formula is C16H13BN2Na2O9S2. The predicted molar refractivity (Wildman–Crippen MR) is 105 cm³/mol. The Labute approximate surface area is 228 Å². The fourth-order valence-corrected chi connectivity index (χ4v) is 3.81. The van der Waals surface area contributed by atoms with Crippen LogP contribution in [0.25, 0.3) is 10.8 Å². The molecule has 0 aliphatic carbocycles. The van der Waals surface area contributed by atoms with E-state index in [1.54, 1.807) is 0 Å². The van der Waals surface area contributed by atoms with E-state index in [1.165, 1.54) is 24.3 Å². The van der Waals surface area contributed by atoms with Crippen molar-refractivity contribution < 1.29 is 100 Å². The molecule has 158 valence electrons. The SMILES string of the molecule is O=S(=O)([O-])c1ccc2c(NNc3ccc(B(O)O)cc3)c(O)c(S(=O)(=O)[O-])cc2c1.[Na+].[Na+]. The van der Waals surface area contributed by atoms with Crippen LogP contribution < -0.4 is 75.4 Å². The van der Waals surface area contributed by atoms with Gasteiger partial charge in [-0.15, -0.1) is 0 Å². The zero-order chi connectivity index (χ0) is 22.3. The maximum Gasteiger partial charge on any atom is 1.00 e. The van der Waals surface area contributed by atoms with Gasteiger partial charge in [-0.2, -0.15) is 0 Å². The summed E-state index contributed by atoms with van der Waals surface area (Å²) in [7, 11) is -11.7. The largest absolute Gasteiger partial charge is 1.00 e. The Hall–Kier alpha value is -0.875. The van der Waals surface area contributed by atoms with Crippen LogP contribution in [0.1, 0.15) is 0 Å². The first-order valence-electron chi connectivity index (χ1n) is 8.07. The molecule has 5 N–H and O–H groups in total. The number of benzene rings is 3. The molecule has 0 aliphatic rings. The summed E-state index contributed by atoms with van der Waals surface area (Å²) in [5.74, 6) is -0.912. The Morgan fingerprint density at radius 2 is 1.41 bits per heavy atom. The second-order valence-electron chi connectivity index (χ2n) is 6.14. The molecule has 0 unspecified atom stereocenters. The first kappa shape index (κ1) is 29.2. The van der Waals surface area contributed by atoms with Crippen molar-refractivity contribution in [3.8, 4) is 5.75 Å². The van der Waals surface area contributed by atoms with Crippen LogP contribution in [0.15, 0.2) is 58.3 Å². The average molecular weight is 498 g/mol. The normalized spacial score (nSPS) is 11.2. The van der Waals surface area contributed by atoms with E-state index in [1.807, 2.05) is 0 Å². The molecule has 3 aromatic rings. The molecule has 0 fully saturated rings. The summed E-state index contributed by atoms with van der Waals surface area (Å²) in [4.78, 5) is -1.66. The molecule has 3 aromatic carbocycles. The number of phenolic OH excluding ortho intramolecular Hbond substituents is 1. The van der Waals surface area contributed by atoms with Crippen LogP contribution in [0.2, 0.25) is 0 Å². The maximum atomic E-state index is 11.5. The Bertz CT molecular complexity index is 1340.